The maximum Gasteiger partial charge on any atom is 0.264 e. The highest BCUT2D eigenvalue weighted by Crippen LogP contribution is 2.24. The lowest BCUT2D eigenvalue weighted by Gasteiger charge is -2.23. The van der Waals surface area contributed by atoms with Gasteiger partial charge in [-0.1, -0.05) is 66.2 Å². The first-order valence-corrected chi connectivity index (χ1v) is 14.7. The summed E-state index contributed by atoms with van der Waals surface area (Å²) in [6.07, 6.45) is 1.43. The molecule has 42 heavy (non-hydrogen) atoms. The third-order valence-corrected chi connectivity index (χ3v) is 8.06. The van der Waals surface area contributed by atoms with Crippen molar-refractivity contribution in [2.24, 2.45) is 5.10 Å². The minimum Gasteiger partial charge on any atom is -0.484 e. The van der Waals surface area contributed by atoms with Gasteiger partial charge in [-0.15, -0.1) is 0 Å². The van der Waals surface area contributed by atoms with Crippen molar-refractivity contribution in [1.82, 2.24) is 10.7 Å². The van der Waals surface area contributed by atoms with E-state index in [1.165, 1.54) is 18.3 Å². The zero-order valence-electron chi connectivity index (χ0n) is 23.3. The normalized spacial score (nSPS) is 12.0. The highest BCUT2D eigenvalue weighted by molar-refractivity contribution is 7.92. The number of rotatable bonds is 12. The molecule has 0 spiro atoms. The molecule has 10 heteroatoms. The van der Waals surface area contributed by atoms with Crippen molar-refractivity contribution in [1.29, 1.82) is 0 Å². The standard InChI is InChI=1S/C32H32N4O5S/c1-24-13-17-28(18-14-24)36(42(39,40)30-11-7-4-8-12-30)22-31(37)35-33-21-26-15-19-29(20-16-26)41-23-32(38)34-25(2)27-9-5-3-6-10-27/h3-21,25H,22-23H2,1-2H3,(H,34,38)(H,35,37)/b33-21-/t25-/m0/s1. The van der Waals surface area contributed by atoms with E-state index in [1.54, 1.807) is 66.7 Å². The summed E-state index contributed by atoms with van der Waals surface area (Å²) in [5.41, 5.74) is 5.38. The average molecular weight is 585 g/mol. The van der Waals surface area contributed by atoms with E-state index >= 15 is 0 Å². The molecule has 0 aliphatic heterocycles. The van der Waals surface area contributed by atoms with Crippen molar-refractivity contribution in [3.05, 3.63) is 126 Å². The summed E-state index contributed by atoms with van der Waals surface area (Å²) < 4.78 is 33.4. The van der Waals surface area contributed by atoms with E-state index in [9.17, 15) is 18.0 Å². The molecular formula is C32H32N4O5S. The summed E-state index contributed by atoms with van der Waals surface area (Å²) in [6.45, 7) is 3.20. The first kappa shape index (κ1) is 30.0. The summed E-state index contributed by atoms with van der Waals surface area (Å²) in [4.78, 5) is 25.1. The Bertz CT molecular complexity index is 1610. The van der Waals surface area contributed by atoms with Gasteiger partial charge >= 0.3 is 0 Å². The number of sulfonamides is 1. The number of amides is 2. The SMILES string of the molecule is Cc1ccc(N(CC(=O)N/N=C\c2ccc(OCC(=O)N[C@@H](C)c3ccccc3)cc2)S(=O)(=O)c2ccccc2)cc1. The van der Waals surface area contributed by atoms with Crippen molar-refractivity contribution in [2.75, 3.05) is 17.5 Å². The molecule has 4 rings (SSSR count). The maximum absolute atomic E-state index is 13.4. The second-order valence-electron chi connectivity index (χ2n) is 9.51. The Labute approximate surface area is 245 Å². The van der Waals surface area contributed by atoms with E-state index in [0.717, 1.165) is 15.4 Å². The minimum absolute atomic E-state index is 0.0763. The molecule has 2 N–H and O–H groups in total. The summed E-state index contributed by atoms with van der Waals surface area (Å²) in [6, 6.07) is 31.1. The van der Waals surface area contributed by atoms with Gasteiger partial charge in [0.1, 0.15) is 12.3 Å². The number of carbonyl (C=O) groups is 2. The molecule has 2 amide bonds. The lowest BCUT2D eigenvalue weighted by molar-refractivity contribution is -0.123. The van der Waals surface area contributed by atoms with Gasteiger partial charge in [-0.2, -0.15) is 5.10 Å². The number of aryl methyl sites for hydroxylation is 1. The molecule has 0 unspecified atom stereocenters. The van der Waals surface area contributed by atoms with Gasteiger partial charge in [0.05, 0.1) is 22.8 Å². The summed E-state index contributed by atoms with van der Waals surface area (Å²) in [7, 11) is -4.00. The molecular weight excluding hydrogens is 552 g/mol. The molecule has 0 radical (unpaired) electrons. The summed E-state index contributed by atoms with van der Waals surface area (Å²) in [5.74, 6) is -0.353. The fraction of sp³-hybridized carbons (Fsp3) is 0.156. The molecule has 0 aliphatic carbocycles. The van der Waals surface area contributed by atoms with Gasteiger partial charge in [0.15, 0.2) is 6.61 Å². The number of hydrazone groups is 1. The second-order valence-corrected chi connectivity index (χ2v) is 11.4. The van der Waals surface area contributed by atoms with Gasteiger partial charge in [0, 0.05) is 0 Å². The van der Waals surface area contributed by atoms with Crippen LogP contribution in [0.15, 0.2) is 119 Å². The second kappa shape index (κ2) is 14.1. The van der Waals surface area contributed by atoms with Gasteiger partial charge in [-0.05, 0) is 73.5 Å². The molecule has 0 saturated heterocycles. The number of hydrogen-bond acceptors (Lipinski definition) is 6. The van der Waals surface area contributed by atoms with Gasteiger partial charge in [-0.25, -0.2) is 13.8 Å². The Morgan fingerprint density at radius 2 is 1.48 bits per heavy atom. The van der Waals surface area contributed by atoms with Crippen LogP contribution in [0, 0.1) is 6.92 Å². The van der Waals surface area contributed by atoms with E-state index in [-0.39, 0.29) is 23.5 Å². The van der Waals surface area contributed by atoms with Crippen LogP contribution < -0.4 is 19.8 Å². The van der Waals surface area contributed by atoms with Crippen LogP contribution in [0.4, 0.5) is 5.69 Å². The van der Waals surface area contributed by atoms with Crippen molar-refractivity contribution in [2.45, 2.75) is 24.8 Å². The van der Waals surface area contributed by atoms with E-state index in [1.807, 2.05) is 44.2 Å². The molecule has 0 bridgehead atoms. The Balaban J connectivity index is 1.32. The molecule has 0 saturated carbocycles. The highest BCUT2D eigenvalue weighted by Gasteiger charge is 2.27. The van der Waals surface area contributed by atoms with Crippen LogP contribution >= 0.6 is 0 Å². The van der Waals surface area contributed by atoms with Gasteiger partial charge in [0.25, 0.3) is 21.8 Å². The van der Waals surface area contributed by atoms with Crippen LogP contribution in [-0.2, 0) is 19.6 Å². The number of hydrogen-bond donors (Lipinski definition) is 2. The molecule has 9 nitrogen and oxygen atoms in total. The molecule has 4 aromatic rings. The average Bonchev–Trinajstić information content (AvgIpc) is 3.01. The van der Waals surface area contributed by atoms with Crippen molar-refractivity contribution < 1.29 is 22.7 Å². The lowest BCUT2D eigenvalue weighted by atomic mass is 10.1. The highest BCUT2D eigenvalue weighted by atomic mass is 32.2. The van der Waals surface area contributed by atoms with Crippen LogP contribution in [0.2, 0.25) is 0 Å². The molecule has 4 aromatic carbocycles. The molecule has 0 fully saturated rings. The number of benzene rings is 4. The van der Waals surface area contributed by atoms with E-state index in [4.69, 9.17) is 4.74 Å². The zero-order chi connectivity index (χ0) is 30.0. The lowest BCUT2D eigenvalue weighted by Crippen LogP contribution is -2.39. The van der Waals surface area contributed by atoms with Crippen molar-refractivity contribution in [3.8, 4) is 5.75 Å². The third-order valence-electron chi connectivity index (χ3n) is 6.27. The quantitative estimate of drug-likeness (QED) is 0.187. The van der Waals surface area contributed by atoms with Crippen LogP contribution in [0.5, 0.6) is 5.75 Å². The van der Waals surface area contributed by atoms with Crippen LogP contribution in [0.3, 0.4) is 0 Å². The number of ether oxygens (including phenoxy) is 1. The maximum atomic E-state index is 13.4. The monoisotopic (exact) mass is 584 g/mol. The van der Waals surface area contributed by atoms with E-state index in [2.05, 4.69) is 15.8 Å². The number of carbonyl (C=O) groups excluding carboxylic acids is 2. The molecule has 0 heterocycles. The Hall–Kier alpha value is -4.96. The Kier molecular flexibility index (Phi) is 10.1. The zero-order valence-corrected chi connectivity index (χ0v) is 24.1. The Morgan fingerprint density at radius 1 is 0.857 bits per heavy atom. The number of nitrogens with one attached hydrogen (secondary N) is 2. The fourth-order valence-electron chi connectivity index (χ4n) is 4.00. The van der Waals surface area contributed by atoms with Gasteiger partial charge in [-0.3, -0.25) is 13.9 Å². The first-order valence-electron chi connectivity index (χ1n) is 13.3. The minimum atomic E-state index is -4.00. The topological polar surface area (TPSA) is 117 Å². The molecule has 1 atom stereocenters. The third kappa shape index (κ3) is 8.28. The van der Waals surface area contributed by atoms with Crippen LogP contribution in [-0.4, -0.2) is 39.6 Å². The van der Waals surface area contributed by atoms with E-state index in [0.29, 0.717) is 17.0 Å². The van der Waals surface area contributed by atoms with Crippen LogP contribution in [0.25, 0.3) is 0 Å². The predicted octanol–water partition coefficient (Wildman–Crippen LogP) is 4.60. The van der Waals surface area contributed by atoms with Crippen molar-refractivity contribution in [3.63, 3.8) is 0 Å². The predicted molar refractivity (Wildman–Crippen MR) is 163 cm³/mol. The van der Waals surface area contributed by atoms with Crippen LogP contribution in [0.1, 0.15) is 29.7 Å². The Morgan fingerprint density at radius 3 is 2.12 bits per heavy atom. The summed E-state index contributed by atoms with van der Waals surface area (Å²) in [5, 5.41) is 6.87. The number of nitrogens with zero attached hydrogens (tertiary/aromatic N) is 2. The van der Waals surface area contributed by atoms with Gasteiger partial charge < -0.3 is 10.1 Å². The molecule has 0 aliphatic rings. The van der Waals surface area contributed by atoms with Gasteiger partial charge in [0.2, 0.25) is 0 Å². The van der Waals surface area contributed by atoms with Crippen molar-refractivity contribution >= 4 is 33.7 Å². The first-order chi connectivity index (χ1) is 20.2. The largest absolute Gasteiger partial charge is 0.484 e. The number of anilines is 1. The molecule has 0 aromatic heterocycles. The van der Waals surface area contributed by atoms with E-state index < -0.39 is 22.5 Å². The summed E-state index contributed by atoms with van der Waals surface area (Å²) >= 11 is 0. The smallest absolute Gasteiger partial charge is 0.264 e. The molecule has 216 valence electrons. The fourth-order valence-corrected chi connectivity index (χ4v) is 5.44.